The molecule has 10 rings (SSSR count). The van der Waals surface area contributed by atoms with Gasteiger partial charge in [0.1, 0.15) is 0 Å². The van der Waals surface area contributed by atoms with E-state index in [-0.39, 0.29) is 13.4 Å². The van der Waals surface area contributed by atoms with E-state index in [1.54, 1.807) is 0 Å². The van der Waals surface area contributed by atoms with E-state index in [4.69, 9.17) is 0 Å². The second-order valence-electron chi connectivity index (χ2n) is 12.4. The standard InChI is InChI=1S/C42H27B2NS3/c1-4-16-28(17-5-1)43-31-22-10-13-25-34(31)46-40-37-41(47-35-26-14-11-23-32(35)44(37)29-18-6-2-7-19-29)39-42(38(40)43)48-36-27-15-12-24-33(36)45(39)30-20-8-3-9-21-30/h1-27H. The molecule has 0 N–H and O–H groups in total. The molecule has 0 aliphatic carbocycles. The van der Waals surface area contributed by atoms with Gasteiger partial charge in [-0.3, -0.25) is 0 Å². The zero-order valence-electron chi connectivity index (χ0n) is 25.9. The van der Waals surface area contributed by atoms with Crippen LogP contribution < -0.4 is 37.7 Å². The van der Waals surface area contributed by atoms with Crippen LogP contribution in [-0.4, -0.2) is 13.4 Å². The van der Waals surface area contributed by atoms with Crippen LogP contribution in [0.25, 0.3) is 0 Å². The largest absolute Gasteiger partial charge is 0.307 e. The Labute approximate surface area is 295 Å². The van der Waals surface area contributed by atoms with Crippen LogP contribution in [-0.2, 0) is 0 Å². The van der Waals surface area contributed by atoms with E-state index >= 15 is 0 Å². The van der Waals surface area contributed by atoms with Gasteiger partial charge in [0.05, 0.1) is 11.4 Å². The van der Waals surface area contributed by atoms with Crippen LogP contribution in [0.2, 0.25) is 0 Å². The highest BCUT2D eigenvalue weighted by Crippen LogP contribution is 2.56. The molecule has 224 valence electrons. The van der Waals surface area contributed by atoms with Crippen LogP contribution >= 0.6 is 35.3 Å². The van der Waals surface area contributed by atoms with Crippen LogP contribution in [0.3, 0.4) is 0 Å². The Bertz CT molecular complexity index is 2060. The molecule has 0 radical (unpaired) electrons. The average molecular weight is 664 g/mol. The lowest BCUT2D eigenvalue weighted by atomic mass is 9.33. The van der Waals surface area contributed by atoms with Crippen molar-refractivity contribution in [3.05, 3.63) is 164 Å². The molecule has 0 saturated carbocycles. The molecule has 3 aliphatic heterocycles. The minimum absolute atomic E-state index is 0.103. The molecule has 3 heterocycles. The zero-order chi connectivity index (χ0) is 31.6. The maximum Gasteiger partial charge on any atom is 0.245 e. The highest BCUT2D eigenvalue weighted by atomic mass is 32.2. The summed E-state index contributed by atoms with van der Waals surface area (Å²) in [6.45, 7) is 0.207. The lowest BCUT2D eigenvalue weighted by molar-refractivity contribution is 1.12. The molecule has 7 aromatic rings. The summed E-state index contributed by atoms with van der Waals surface area (Å²) < 4.78 is 0. The molecule has 48 heavy (non-hydrogen) atoms. The topological polar surface area (TPSA) is 3.24 Å². The van der Waals surface area contributed by atoms with Gasteiger partial charge in [-0.05, 0) is 47.3 Å². The summed E-state index contributed by atoms with van der Waals surface area (Å²) in [5, 5.41) is 0. The fraction of sp³-hybridized carbons (Fsp3) is 0. The Balaban J connectivity index is 1.38. The Kier molecular flexibility index (Phi) is 6.89. The molecule has 7 aromatic carbocycles. The number of benzene rings is 7. The summed E-state index contributed by atoms with van der Waals surface area (Å²) in [4.78, 5) is 10.6. The van der Waals surface area contributed by atoms with Gasteiger partial charge >= 0.3 is 0 Å². The number of hydrogen-bond acceptors (Lipinski definition) is 4. The zero-order valence-corrected chi connectivity index (χ0v) is 28.4. The summed E-state index contributed by atoms with van der Waals surface area (Å²) in [6, 6.07) is 60.4. The van der Waals surface area contributed by atoms with Crippen molar-refractivity contribution < 1.29 is 0 Å². The van der Waals surface area contributed by atoms with Gasteiger partial charge in [-0.15, -0.1) is 0 Å². The third-order valence-corrected chi connectivity index (χ3v) is 13.3. The van der Waals surface area contributed by atoms with Crippen molar-refractivity contribution in [2.75, 3.05) is 4.90 Å². The number of nitrogens with zero attached hydrogens (tertiary/aromatic N) is 1. The van der Waals surface area contributed by atoms with Crippen molar-refractivity contribution in [3.8, 4) is 0 Å². The summed E-state index contributed by atoms with van der Waals surface area (Å²) in [5.74, 6) is 0. The van der Waals surface area contributed by atoms with Gasteiger partial charge in [0.15, 0.2) is 0 Å². The number of anilines is 3. The van der Waals surface area contributed by atoms with Crippen LogP contribution in [0.5, 0.6) is 0 Å². The molecule has 3 aliphatic rings. The molecule has 0 fully saturated rings. The lowest BCUT2D eigenvalue weighted by Crippen LogP contribution is -2.62. The van der Waals surface area contributed by atoms with Gasteiger partial charge < -0.3 is 4.90 Å². The molecule has 0 aromatic heterocycles. The Morgan fingerprint density at radius 3 is 1.35 bits per heavy atom. The van der Waals surface area contributed by atoms with Crippen molar-refractivity contribution in [2.24, 2.45) is 0 Å². The lowest BCUT2D eigenvalue weighted by Gasteiger charge is -2.42. The van der Waals surface area contributed by atoms with Crippen molar-refractivity contribution >= 4 is 98.6 Å². The smallest absolute Gasteiger partial charge is 0.245 e. The Morgan fingerprint density at radius 1 is 0.375 bits per heavy atom. The van der Waals surface area contributed by atoms with E-state index in [9.17, 15) is 0 Å². The normalized spacial score (nSPS) is 13.9. The number of fused-ring (bicyclic) bond motifs is 9. The monoisotopic (exact) mass is 663 g/mol. The van der Waals surface area contributed by atoms with E-state index in [0.29, 0.717) is 0 Å². The van der Waals surface area contributed by atoms with Crippen LogP contribution in [0.15, 0.2) is 193 Å². The van der Waals surface area contributed by atoms with Crippen molar-refractivity contribution in [3.63, 3.8) is 0 Å². The fourth-order valence-electron chi connectivity index (χ4n) is 7.70. The molecule has 0 amide bonds. The van der Waals surface area contributed by atoms with Gasteiger partial charge in [-0.1, -0.05) is 185 Å². The predicted octanol–water partition coefficient (Wildman–Crippen LogP) is 7.58. The quantitative estimate of drug-likeness (QED) is 0.179. The minimum Gasteiger partial charge on any atom is -0.307 e. The molecule has 6 heteroatoms. The van der Waals surface area contributed by atoms with E-state index in [0.717, 1.165) is 0 Å². The van der Waals surface area contributed by atoms with Gasteiger partial charge in [0.25, 0.3) is 0 Å². The first-order valence-electron chi connectivity index (χ1n) is 16.3. The van der Waals surface area contributed by atoms with E-state index < -0.39 is 0 Å². The third kappa shape index (κ3) is 4.40. The van der Waals surface area contributed by atoms with E-state index in [1.165, 1.54) is 79.2 Å². The van der Waals surface area contributed by atoms with Gasteiger partial charge in [0.2, 0.25) is 13.4 Å². The van der Waals surface area contributed by atoms with Crippen LogP contribution in [0.1, 0.15) is 0 Å². The maximum absolute atomic E-state index is 2.55. The highest BCUT2D eigenvalue weighted by molar-refractivity contribution is 8.02. The summed E-state index contributed by atoms with van der Waals surface area (Å²) in [7, 11) is 0. The van der Waals surface area contributed by atoms with Crippen LogP contribution in [0, 0.1) is 0 Å². The van der Waals surface area contributed by atoms with E-state index in [2.05, 4.69) is 169 Å². The number of para-hydroxylation sites is 2. The second kappa shape index (κ2) is 11.6. The summed E-state index contributed by atoms with van der Waals surface area (Å²) in [5.41, 5.74) is 12.0. The van der Waals surface area contributed by atoms with Crippen molar-refractivity contribution in [2.45, 2.75) is 29.4 Å². The van der Waals surface area contributed by atoms with Gasteiger partial charge in [0, 0.05) is 35.1 Å². The first-order valence-corrected chi connectivity index (χ1v) is 18.8. The molecule has 1 nitrogen and oxygen atoms in total. The predicted molar refractivity (Wildman–Crippen MR) is 209 cm³/mol. The maximum atomic E-state index is 2.55. The second-order valence-corrected chi connectivity index (χ2v) is 15.5. The molecular weight excluding hydrogens is 636 g/mol. The minimum atomic E-state index is 0.103. The first-order chi connectivity index (χ1) is 23.8. The SMILES string of the molecule is c1ccc(B2c3ccccc3Sc3c2c2c(c4c3N(c3ccccc3)c3ccccc3S4)B(c3ccccc3)c3ccccc3S2)cc1. The number of rotatable bonds is 3. The van der Waals surface area contributed by atoms with Gasteiger partial charge in [-0.25, -0.2) is 0 Å². The third-order valence-electron chi connectivity index (χ3n) is 9.69. The van der Waals surface area contributed by atoms with E-state index in [1.807, 2.05) is 35.3 Å². The average Bonchev–Trinajstić information content (AvgIpc) is 3.16. The summed E-state index contributed by atoms with van der Waals surface area (Å²) >= 11 is 5.88. The Morgan fingerprint density at radius 2 is 0.792 bits per heavy atom. The van der Waals surface area contributed by atoms with Gasteiger partial charge in [-0.2, -0.15) is 0 Å². The number of hydrogen-bond donors (Lipinski definition) is 0. The fourth-order valence-corrected chi connectivity index (χ4v) is 11.8. The highest BCUT2D eigenvalue weighted by Gasteiger charge is 2.45. The first kappa shape index (κ1) is 28.5. The molecular formula is C42H27B2NS3. The molecule has 0 saturated heterocycles. The van der Waals surface area contributed by atoms with Crippen LogP contribution in [0.4, 0.5) is 17.1 Å². The van der Waals surface area contributed by atoms with Crippen molar-refractivity contribution in [1.29, 1.82) is 0 Å². The molecule has 0 spiro atoms. The molecule has 0 unspecified atom stereocenters. The van der Waals surface area contributed by atoms with Crippen molar-refractivity contribution in [1.82, 2.24) is 0 Å². The molecule has 0 atom stereocenters. The Hall–Kier alpha value is -4.48. The molecule has 0 bridgehead atoms. The summed E-state index contributed by atoms with van der Waals surface area (Å²) in [6.07, 6.45) is 0.